The quantitative estimate of drug-likeness (QED) is 0.552. The van der Waals surface area contributed by atoms with Crippen LogP contribution >= 0.6 is 0 Å². The molecule has 0 spiro atoms. The summed E-state index contributed by atoms with van der Waals surface area (Å²) in [5.41, 5.74) is 2.22. The van der Waals surface area contributed by atoms with E-state index in [4.69, 9.17) is 4.74 Å². The number of sulfonamides is 1. The van der Waals surface area contributed by atoms with E-state index < -0.39 is 10.0 Å². The minimum Gasteiger partial charge on any atom is -0.494 e. The SMILES string of the molecule is CCOc1ccc(CNC(=O)CN2C(=O)[C@H]3CCCCN3c3ccc(S(=O)(=O)N4CCCCC4)cc32)cc1. The van der Waals surface area contributed by atoms with Crippen LogP contribution in [0.1, 0.15) is 51.0 Å². The average molecular weight is 541 g/mol. The molecule has 204 valence electrons. The third-order valence-corrected chi connectivity index (χ3v) is 9.47. The van der Waals surface area contributed by atoms with Gasteiger partial charge in [0.25, 0.3) is 0 Å². The Bertz CT molecular complexity index is 1270. The van der Waals surface area contributed by atoms with Gasteiger partial charge >= 0.3 is 0 Å². The number of benzene rings is 2. The molecule has 3 heterocycles. The van der Waals surface area contributed by atoms with Crippen molar-refractivity contribution in [2.75, 3.05) is 42.6 Å². The van der Waals surface area contributed by atoms with Gasteiger partial charge in [-0.2, -0.15) is 4.31 Å². The fraction of sp³-hybridized carbons (Fsp3) is 0.500. The molecule has 0 aliphatic carbocycles. The van der Waals surface area contributed by atoms with Crippen LogP contribution in [-0.2, 0) is 26.2 Å². The van der Waals surface area contributed by atoms with Crippen LogP contribution in [-0.4, -0.2) is 63.4 Å². The fourth-order valence-electron chi connectivity index (χ4n) is 5.59. The van der Waals surface area contributed by atoms with Gasteiger partial charge in [0.15, 0.2) is 0 Å². The molecule has 0 aromatic heterocycles. The van der Waals surface area contributed by atoms with E-state index in [1.807, 2.05) is 37.3 Å². The minimum atomic E-state index is -3.68. The minimum absolute atomic E-state index is 0.152. The standard InChI is InChI=1S/C28H36N4O5S/c1-2-37-22-11-9-21(10-12-22)19-29-27(33)20-32-26-18-23(38(35,36)30-15-5-3-6-16-30)13-14-24(26)31-17-7-4-8-25(31)28(32)34/h9-14,18,25H,2-8,15-17,19-20H2,1H3,(H,29,33)/t25-/m1/s1. The third kappa shape index (κ3) is 5.37. The number of anilines is 2. The molecule has 2 fully saturated rings. The summed E-state index contributed by atoms with van der Waals surface area (Å²) in [6.07, 6.45) is 5.36. The number of rotatable bonds is 8. The lowest BCUT2D eigenvalue weighted by Gasteiger charge is -2.45. The summed E-state index contributed by atoms with van der Waals surface area (Å²) in [4.78, 5) is 30.4. The summed E-state index contributed by atoms with van der Waals surface area (Å²) in [6.45, 7) is 4.40. The molecular formula is C28H36N4O5S. The second kappa shape index (κ2) is 11.3. The van der Waals surface area contributed by atoms with Crippen molar-refractivity contribution in [2.24, 2.45) is 0 Å². The molecule has 1 atom stereocenters. The van der Waals surface area contributed by atoms with E-state index in [-0.39, 0.29) is 29.3 Å². The number of nitrogens with one attached hydrogen (secondary N) is 1. The van der Waals surface area contributed by atoms with E-state index in [1.54, 1.807) is 12.1 Å². The van der Waals surface area contributed by atoms with Crippen molar-refractivity contribution in [2.45, 2.75) is 62.9 Å². The van der Waals surface area contributed by atoms with E-state index in [9.17, 15) is 18.0 Å². The molecule has 0 bridgehead atoms. The van der Waals surface area contributed by atoms with Crippen molar-refractivity contribution in [1.82, 2.24) is 9.62 Å². The summed E-state index contributed by atoms with van der Waals surface area (Å²) in [5, 5.41) is 2.90. The van der Waals surface area contributed by atoms with E-state index in [0.29, 0.717) is 31.9 Å². The molecule has 9 nitrogen and oxygen atoms in total. The molecule has 3 aliphatic heterocycles. The Morgan fingerprint density at radius 1 is 0.974 bits per heavy atom. The predicted molar refractivity (Wildman–Crippen MR) is 146 cm³/mol. The Morgan fingerprint density at radius 2 is 1.71 bits per heavy atom. The van der Waals surface area contributed by atoms with Crippen LogP contribution < -0.4 is 19.9 Å². The molecule has 2 aromatic rings. The number of carbonyl (C=O) groups is 2. The Morgan fingerprint density at radius 3 is 2.45 bits per heavy atom. The van der Waals surface area contributed by atoms with E-state index >= 15 is 0 Å². The molecule has 0 saturated carbocycles. The predicted octanol–water partition coefficient (Wildman–Crippen LogP) is 3.28. The smallest absolute Gasteiger partial charge is 0.250 e. The second-order valence-corrected chi connectivity index (χ2v) is 12.0. The molecule has 1 N–H and O–H groups in total. The Hall–Kier alpha value is -3.11. The zero-order valence-electron chi connectivity index (χ0n) is 21.9. The number of hydrogen-bond acceptors (Lipinski definition) is 6. The first-order chi connectivity index (χ1) is 18.4. The van der Waals surface area contributed by atoms with Crippen molar-refractivity contribution >= 4 is 33.2 Å². The average Bonchev–Trinajstić information content (AvgIpc) is 2.95. The fourth-order valence-corrected chi connectivity index (χ4v) is 7.12. The number of piperidine rings is 2. The van der Waals surface area contributed by atoms with E-state index in [0.717, 1.165) is 62.1 Å². The summed E-state index contributed by atoms with van der Waals surface area (Å²) < 4.78 is 33.8. The highest BCUT2D eigenvalue weighted by Crippen LogP contribution is 2.41. The monoisotopic (exact) mass is 540 g/mol. The maximum atomic E-state index is 13.6. The van der Waals surface area contributed by atoms with Gasteiger partial charge in [-0.05, 0) is 74.9 Å². The van der Waals surface area contributed by atoms with Gasteiger partial charge in [0.2, 0.25) is 21.8 Å². The van der Waals surface area contributed by atoms with Gasteiger partial charge in [-0.1, -0.05) is 18.6 Å². The number of nitrogens with zero attached hydrogens (tertiary/aromatic N) is 3. The highest BCUT2D eigenvalue weighted by atomic mass is 32.2. The molecule has 0 unspecified atom stereocenters. The number of carbonyl (C=O) groups excluding carboxylic acids is 2. The maximum absolute atomic E-state index is 13.6. The lowest BCUT2D eigenvalue weighted by Crippen LogP contribution is -2.57. The number of ether oxygens (including phenoxy) is 1. The number of amides is 2. The molecule has 2 amide bonds. The maximum Gasteiger partial charge on any atom is 0.250 e. The van der Waals surface area contributed by atoms with Crippen LogP contribution in [0, 0.1) is 0 Å². The highest BCUT2D eigenvalue weighted by molar-refractivity contribution is 7.89. The second-order valence-electron chi connectivity index (χ2n) is 10.1. The molecular weight excluding hydrogens is 504 g/mol. The molecule has 3 aliphatic rings. The van der Waals surface area contributed by atoms with Crippen LogP contribution in [0.4, 0.5) is 11.4 Å². The first-order valence-corrected chi connectivity index (χ1v) is 15.0. The first-order valence-electron chi connectivity index (χ1n) is 13.6. The van der Waals surface area contributed by atoms with Gasteiger partial charge in [-0.15, -0.1) is 0 Å². The lowest BCUT2D eigenvalue weighted by molar-refractivity contribution is -0.125. The van der Waals surface area contributed by atoms with Crippen LogP contribution in [0.15, 0.2) is 47.4 Å². The normalized spacial score (nSPS) is 20.0. The van der Waals surface area contributed by atoms with Crippen LogP contribution in [0.25, 0.3) is 0 Å². The topological polar surface area (TPSA) is 99.3 Å². The summed E-state index contributed by atoms with van der Waals surface area (Å²) in [5.74, 6) is 0.318. The van der Waals surface area contributed by atoms with Crippen LogP contribution in [0.5, 0.6) is 5.75 Å². The molecule has 5 rings (SSSR count). The Labute approximate surface area is 224 Å². The van der Waals surface area contributed by atoms with Gasteiger partial charge in [0, 0.05) is 26.2 Å². The zero-order valence-corrected chi connectivity index (χ0v) is 22.7. The van der Waals surface area contributed by atoms with Gasteiger partial charge in [0.1, 0.15) is 18.3 Å². The zero-order chi connectivity index (χ0) is 26.7. The molecule has 0 radical (unpaired) electrons. The summed E-state index contributed by atoms with van der Waals surface area (Å²) in [6, 6.07) is 12.2. The van der Waals surface area contributed by atoms with Crippen molar-refractivity contribution in [3.05, 3.63) is 48.0 Å². The summed E-state index contributed by atoms with van der Waals surface area (Å²) >= 11 is 0. The van der Waals surface area contributed by atoms with E-state index in [2.05, 4.69) is 10.2 Å². The molecule has 2 saturated heterocycles. The van der Waals surface area contributed by atoms with Crippen LogP contribution in [0.2, 0.25) is 0 Å². The van der Waals surface area contributed by atoms with Gasteiger partial charge in [-0.25, -0.2) is 8.42 Å². The van der Waals surface area contributed by atoms with Crippen LogP contribution in [0.3, 0.4) is 0 Å². The Kier molecular flexibility index (Phi) is 7.90. The van der Waals surface area contributed by atoms with Crippen molar-refractivity contribution in [1.29, 1.82) is 0 Å². The number of hydrogen-bond donors (Lipinski definition) is 1. The lowest BCUT2D eigenvalue weighted by atomic mass is 9.96. The molecule has 10 heteroatoms. The number of fused-ring (bicyclic) bond motifs is 3. The van der Waals surface area contributed by atoms with Gasteiger partial charge < -0.3 is 15.0 Å². The summed E-state index contributed by atoms with van der Waals surface area (Å²) in [7, 11) is -3.68. The van der Waals surface area contributed by atoms with Crippen molar-refractivity contribution < 1.29 is 22.7 Å². The highest BCUT2D eigenvalue weighted by Gasteiger charge is 2.41. The van der Waals surface area contributed by atoms with Crippen molar-refractivity contribution in [3.63, 3.8) is 0 Å². The first kappa shape index (κ1) is 26.5. The van der Waals surface area contributed by atoms with E-state index in [1.165, 1.54) is 9.21 Å². The van der Waals surface area contributed by atoms with Gasteiger partial charge in [0.05, 0.1) is 22.9 Å². The van der Waals surface area contributed by atoms with Gasteiger partial charge in [-0.3, -0.25) is 14.5 Å². The molecule has 38 heavy (non-hydrogen) atoms. The van der Waals surface area contributed by atoms with Crippen molar-refractivity contribution in [3.8, 4) is 5.75 Å². The third-order valence-electron chi connectivity index (χ3n) is 7.58. The Balaban J connectivity index is 1.38. The molecule has 2 aromatic carbocycles. The largest absolute Gasteiger partial charge is 0.494 e.